The average molecular weight is 573 g/mol. The molecule has 2 aromatic carbocycles. The Bertz CT molecular complexity index is 1080. The predicted octanol–water partition coefficient (Wildman–Crippen LogP) is 6.29. The molecule has 1 saturated carbocycles. The molecule has 9 heteroatoms. The topological polar surface area (TPSA) is 108 Å². The van der Waals surface area contributed by atoms with E-state index in [0.29, 0.717) is 5.69 Å². The van der Waals surface area contributed by atoms with Gasteiger partial charge in [0.15, 0.2) is 0 Å². The molecule has 8 nitrogen and oxygen atoms in total. The number of hydrogen-bond donors (Lipinski definition) is 3. The number of amides is 2. The fourth-order valence-electron chi connectivity index (χ4n) is 4.85. The molecule has 0 radical (unpaired) electrons. The molecule has 0 aliphatic heterocycles. The minimum atomic E-state index is -2.64. The van der Waals surface area contributed by atoms with Crippen molar-refractivity contribution in [3.63, 3.8) is 0 Å². The average Bonchev–Trinajstić information content (AvgIpc) is 2.93. The third-order valence-corrected chi connectivity index (χ3v) is 7.85. The quantitative estimate of drug-likeness (QED) is 0.258. The normalized spacial score (nSPS) is 18.9. The van der Waals surface area contributed by atoms with Crippen LogP contribution in [0.1, 0.15) is 81.9 Å². The van der Waals surface area contributed by atoms with Crippen molar-refractivity contribution in [2.75, 3.05) is 19.4 Å². The molecule has 3 N–H and O–H groups in total. The predicted molar refractivity (Wildman–Crippen MR) is 161 cm³/mol. The monoisotopic (exact) mass is 572 g/mol. The lowest BCUT2D eigenvalue weighted by atomic mass is 9.74. The van der Waals surface area contributed by atoms with Crippen LogP contribution in [0, 0.1) is 6.92 Å². The number of likely N-dealkylation sites (N-methyl/N-ethyl adjacent to an activating group) is 1. The van der Waals surface area contributed by atoms with Gasteiger partial charge in [0.1, 0.15) is 6.61 Å². The van der Waals surface area contributed by atoms with Gasteiger partial charge >= 0.3 is 8.25 Å². The van der Waals surface area contributed by atoms with Crippen molar-refractivity contribution >= 4 is 25.8 Å². The van der Waals surface area contributed by atoms with Crippen LogP contribution in [-0.4, -0.2) is 47.3 Å². The number of aryl methyl sites for hydroxylation is 1. The highest BCUT2D eigenvalue weighted by Crippen LogP contribution is 2.35. The van der Waals surface area contributed by atoms with Gasteiger partial charge in [-0.1, -0.05) is 68.7 Å². The van der Waals surface area contributed by atoms with E-state index >= 15 is 0 Å². The van der Waals surface area contributed by atoms with Gasteiger partial charge in [-0.3, -0.25) is 9.59 Å². The lowest BCUT2D eigenvalue weighted by Crippen LogP contribution is -2.52. The highest BCUT2D eigenvalue weighted by molar-refractivity contribution is 7.32. The van der Waals surface area contributed by atoms with E-state index in [0.717, 1.165) is 37.7 Å². The molecular formula is C31H47N3O5P+. The Hall–Kier alpha value is -2.64. The highest BCUT2D eigenvalue weighted by atomic mass is 31.1. The molecule has 220 valence electrons. The second-order valence-electron chi connectivity index (χ2n) is 10.9. The fraction of sp³-hybridized carbons (Fsp3) is 0.548. The van der Waals surface area contributed by atoms with Gasteiger partial charge in [0.05, 0.1) is 0 Å². The summed E-state index contributed by atoms with van der Waals surface area (Å²) in [4.78, 5) is 35.8. The van der Waals surface area contributed by atoms with Crippen LogP contribution >= 0.6 is 8.25 Å². The standard InChI is InChI=1S/C27H36N3O5P.C4H10/c1-20-5-4-6-22(17-20)18-27(30(2)3)15-13-24(14-16-27)29-26(32)12-11-25(31)28-23-9-7-21(8-10-23)19-35-36(33)34;1-3-4-2/h4-10,17,24H,11-16,18-19H2,1-3H3,(H2-,28,29,31,32,33,34);3-4H2,1-2H3/p+1. The lowest BCUT2D eigenvalue weighted by molar-refractivity contribution is -0.125. The number of unbranched alkanes of at least 4 members (excludes halogenated alkanes) is 1. The van der Waals surface area contributed by atoms with Crippen LogP contribution in [0.15, 0.2) is 48.5 Å². The largest absolute Gasteiger partial charge is 0.695 e. The Kier molecular flexibility index (Phi) is 14.5. The van der Waals surface area contributed by atoms with Crippen LogP contribution in [0.3, 0.4) is 0 Å². The fourth-order valence-corrected chi connectivity index (χ4v) is 5.11. The molecule has 1 fully saturated rings. The molecule has 2 amide bonds. The molecule has 1 aliphatic carbocycles. The molecular weight excluding hydrogens is 525 g/mol. The minimum Gasteiger partial charge on any atom is -0.353 e. The van der Waals surface area contributed by atoms with Crippen molar-refractivity contribution in [2.45, 2.75) is 96.7 Å². The van der Waals surface area contributed by atoms with Gasteiger partial charge in [0.2, 0.25) is 11.8 Å². The first kappa shape index (κ1) is 33.6. The highest BCUT2D eigenvalue weighted by Gasteiger charge is 2.37. The summed E-state index contributed by atoms with van der Waals surface area (Å²) in [5.74, 6) is -0.335. The van der Waals surface area contributed by atoms with E-state index in [-0.39, 0.29) is 42.8 Å². The first-order valence-electron chi connectivity index (χ1n) is 14.3. The van der Waals surface area contributed by atoms with Crippen molar-refractivity contribution < 1.29 is 23.6 Å². The van der Waals surface area contributed by atoms with E-state index in [4.69, 9.17) is 4.89 Å². The Labute approximate surface area is 240 Å². The molecule has 0 heterocycles. The summed E-state index contributed by atoms with van der Waals surface area (Å²) in [5.41, 5.74) is 4.03. The van der Waals surface area contributed by atoms with Crippen molar-refractivity contribution in [2.24, 2.45) is 0 Å². The molecule has 2 aromatic rings. The number of anilines is 1. The second-order valence-corrected chi connectivity index (χ2v) is 11.6. The number of rotatable bonds is 12. The molecule has 3 rings (SSSR count). The summed E-state index contributed by atoms with van der Waals surface area (Å²) < 4.78 is 15.3. The van der Waals surface area contributed by atoms with Gasteiger partial charge in [-0.05, 0) is 76.4 Å². The maximum Gasteiger partial charge on any atom is 0.695 e. The van der Waals surface area contributed by atoms with Crippen LogP contribution in [0.2, 0.25) is 0 Å². The number of carbonyl (C=O) groups excluding carboxylic acids is 2. The van der Waals surface area contributed by atoms with Gasteiger partial charge in [-0.2, -0.15) is 0 Å². The minimum absolute atomic E-state index is 0.0167. The Balaban J connectivity index is 0.00000131. The van der Waals surface area contributed by atoms with E-state index in [2.05, 4.69) is 79.2 Å². The SMILES string of the molecule is CCCC.Cc1cccc(CC2(N(C)C)CCC(NC(=O)CCC(=O)Nc3ccc(CO[P+](=O)O)cc3)CC2)c1. The first-order valence-corrected chi connectivity index (χ1v) is 15.4. The molecule has 0 bridgehead atoms. The van der Waals surface area contributed by atoms with E-state index in [9.17, 15) is 14.2 Å². The first-order chi connectivity index (χ1) is 19.1. The van der Waals surface area contributed by atoms with Crippen LogP contribution in [0.25, 0.3) is 0 Å². The number of carbonyl (C=O) groups is 2. The van der Waals surface area contributed by atoms with E-state index in [1.807, 2.05) is 0 Å². The molecule has 1 unspecified atom stereocenters. The van der Waals surface area contributed by atoms with Gasteiger partial charge < -0.3 is 15.5 Å². The third-order valence-electron chi connectivity index (χ3n) is 7.50. The van der Waals surface area contributed by atoms with Crippen molar-refractivity contribution in [1.29, 1.82) is 0 Å². The second kappa shape index (κ2) is 17.2. The molecule has 0 aromatic heterocycles. The summed E-state index contributed by atoms with van der Waals surface area (Å²) >= 11 is 0. The summed E-state index contributed by atoms with van der Waals surface area (Å²) in [5, 5.41) is 5.89. The zero-order valence-corrected chi connectivity index (χ0v) is 25.6. The summed E-state index contributed by atoms with van der Waals surface area (Å²) in [7, 11) is 1.65. The molecule has 1 aliphatic rings. The Morgan fingerprint density at radius 2 is 1.62 bits per heavy atom. The van der Waals surface area contributed by atoms with Crippen molar-refractivity contribution in [1.82, 2.24) is 10.2 Å². The zero-order chi connectivity index (χ0) is 29.5. The van der Waals surface area contributed by atoms with E-state index < -0.39 is 8.25 Å². The number of nitrogens with zero attached hydrogens (tertiary/aromatic N) is 1. The van der Waals surface area contributed by atoms with Crippen LogP contribution in [0.5, 0.6) is 0 Å². The Morgan fingerprint density at radius 1 is 1.00 bits per heavy atom. The smallest absolute Gasteiger partial charge is 0.353 e. The maximum absolute atomic E-state index is 12.5. The van der Waals surface area contributed by atoms with Gasteiger partial charge in [-0.15, -0.1) is 9.42 Å². The number of hydrogen-bond acceptors (Lipinski definition) is 5. The van der Waals surface area contributed by atoms with E-state index in [1.165, 1.54) is 24.0 Å². The third kappa shape index (κ3) is 11.8. The van der Waals surface area contributed by atoms with Crippen LogP contribution in [0.4, 0.5) is 5.69 Å². The summed E-state index contributed by atoms with van der Waals surface area (Å²) in [6.07, 6.45) is 7.73. The maximum atomic E-state index is 12.5. The molecule has 0 spiro atoms. The lowest BCUT2D eigenvalue weighted by Gasteiger charge is -2.45. The Morgan fingerprint density at radius 3 is 2.17 bits per heavy atom. The molecule has 1 atom stereocenters. The number of benzene rings is 2. The zero-order valence-electron chi connectivity index (χ0n) is 24.7. The molecule has 40 heavy (non-hydrogen) atoms. The summed E-state index contributed by atoms with van der Waals surface area (Å²) in [6.45, 7) is 6.50. The van der Waals surface area contributed by atoms with Gasteiger partial charge in [0, 0.05) is 34.7 Å². The van der Waals surface area contributed by atoms with E-state index in [1.54, 1.807) is 24.3 Å². The summed E-state index contributed by atoms with van der Waals surface area (Å²) in [6, 6.07) is 15.6. The molecule has 0 saturated heterocycles. The van der Waals surface area contributed by atoms with Gasteiger partial charge in [0.25, 0.3) is 0 Å². The van der Waals surface area contributed by atoms with Gasteiger partial charge in [-0.25, -0.2) is 0 Å². The van der Waals surface area contributed by atoms with Crippen LogP contribution < -0.4 is 10.6 Å². The van der Waals surface area contributed by atoms with Crippen molar-refractivity contribution in [3.05, 3.63) is 65.2 Å². The number of nitrogens with one attached hydrogen (secondary N) is 2. The van der Waals surface area contributed by atoms with Crippen molar-refractivity contribution in [3.8, 4) is 0 Å². The van der Waals surface area contributed by atoms with Crippen LogP contribution in [-0.2, 0) is 31.7 Å².